The minimum absolute atomic E-state index is 0.0530. The minimum Gasteiger partial charge on any atom is -0.385 e. The van der Waals surface area contributed by atoms with Crippen molar-refractivity contribution < 1.29 is 31.9 Å². The van der Waals surface area contributed by atoms with Crippen LogP contribution >= 0.6 is 0 Å². The summed E-state index contributed by atoms with van der Waals surface area (Å²) >= 11 is 0. The summed E-state index contributed by atoms with van der Waals surface area (Å²) in [7, 11) is 0. The Morgan fingerprint density at radius 1 is 1.00 bits per heavy atom. The Bertz CT molecular complexity index is 1350. The van der Waals surface area contributed by atoms with E-state index in [0.29, 0.717) is 17.7 Å². The quantitative estimate of drug-likeness (QED) is 0.400. The summed E-state index contributed by atoms with van der Waals surface area (Å²) in [4.78, 5) is 20.4. The van der Waals surface area contributed by atoms with Crippen molar-refractivity contribution in [2.75, 3.05) is 5.32 Å². The van der Waals surface area contributed by atoms with Crippen LogP contribution in [-0.2, 0) is 16.6 Å². The number of carbonyl (C=O) groups is 1. The fraction of sp³-hybridized carbons (Fsp3) is 0.174. The van der Waals surface area contributed by atoms with Crippen molar-refractivity contribution in [2.24, 2.45) is 0 Å². The van der Waals surface area contributed by atoms with E-state index in [1.165, 1.54) is 6.92 Å². The van der Waals surface area contributed by atoms with Crippen molar-refractivity contribution in [1.29, 1.82) is 0 Å². The number of hydrogen-bond acceptors (Lipinski definition) is 4. The van der Waals surface area contributed by atoms with Crippen LogP contribution in [0.15, 0.2) is 60.7 Å². The second kappa shape index (κ2) is 8.49. The predicted octanol–water partition coefficient (Wildman–Crippen LogP) is 4.95. The summed E-state index contributed by atoms with van der Waals surface area (Å²) in [6, 6.07) is 12.4. The molecule has 1 amide bonds. The zero-order valence-electron chi connectivity index (χ0n) is 17.6. The van der Waals surface area contributed by atoms with Gasteiger partial charge in [-0.15, -0.1) is 0 Å². The summed E-state index contributed by atoms with van der Waals surface area (Å²) < 4.78 is 68.4. The number of benzene rings is 2. The van der Waals surface area contributed by atoms with E-state index in [4.69, 9.17) is 0 Å². The number of imidazole rings is 1. The zero-order valence-corrected chi connectivity index (χ0v) is 17.6. The number of pyridine rings is 1. The van der Waals surface area contributed by atoms with Gasteiger partial charge >= 0.3 is 6.18 Å². The second-order valence-electron chi connectivity index (χ2n) is 7.80. The van der Waals surface area contributed by atoms with Crippen molar-refractivity contribution in [3.8, 4) is 5.69 Å². The van der Waals surface area contributed by atoms with Crippen LogP contribution < -0.4 is 5.32 Å². The molecule has 0 bridgehead atoms. The first-order chi connectivity index (χ1) is 15.9. The number of rotatable bonds is 5. The fourth-order valence-corrected chi connectivity index (χ4v) is 3.49. The van der Waals surface area contributed by atoms with Gasteiger partial charge < -0.3 is 5.11 Å². The van der Waals surface area contributed by atoms with Crippen LogP contribution in [0, 0.1) is 11.6 Å². The van der Waals surface area contributed by atoms with Gasteiger partial charge in [0.05, 0.1) is 17.7 Å². The van der Waals surface area contributed by atoms with Crippen molar-refractivity contribution >= 4 is 23.0 Å². The smallest absolute Gasteiger partial charge is 0.385 e. The number of hydrogen-bond donors (Lipinski definition) is 2. The first-order valence-electron chi connectivity index (χ1n) is 9.95. The zero-order chi connectivity index (χ0) is 24.7. The highest BCUT2D eigenvalue weighted by molar-refractivity contribution is 5.92. The van der Waals surface area contributed by atoms with Crippen LogP contribution in [0.1, 0.15) is 24.6 Å². The highest BCUT2D eigenvalue weighted by Gasteiger charge is 2.34. The Balaban J connectivity index is 1.78. The number of amides is 1. The molecule has 2 aromatic heterocycles. The van der Waals surface area contributed by atoms with Gasteiger partial charge in [0.2, 0.25) is 11.9 Å². The van der Waals surface area contributed by atoms with Crippen LogP contribution in [-0.4, -0.2) is 25.5 Å². The van der Waals surface area contributed by atoms with Gasteiger partial charge in [0.15, 0.2) is 5.65 Å². The first-order valence-corrected chi connectivity index (χ1v) is 9.95. The number of alkyl halides is 3. The number of aromatic nitrogens is 3. The molecule has 1 atom stereocenters. The van der Waals surface area contributed by atoms with Crippen molar-refractivity contribution in [3.63, 3.8) is 0 Å². The molecule has 6 nitrogen and oxygen atoms in total. The van der Waals surface area contributed by atoms with E-state index >= 15 is 0 Å². The van der Waals surface area contributed by atoms with E-state index in [2.05, 4.69) is 15.3 Å². The molecule has 4 rings (SSSR count). The molecular formula is C23H17F5N4O2. The Labute approximate surface area is 189 Å². The third kappa shape index (κ3) is 4.74. The normalized spacial score (nSPS) is 13.6. The molecule has 0 saturated heterocycles. The van der Waals surface area contributed by atoms with Gasteiger partial charge in [0.25, 0.3) is 0 Å². The lowest BCUT2D eigenvalue weighted by molar-refractivity contribution is -0.141. The van der Waals surface area contributed by atoms with Crippen molar-refractivity contribution in [1.82, 2.24) is 14.5 Å². The molecule has 0 aliphatic rings. The molecule has 0 radical (unpaired) electrons. The molecule has 176 valence electrons. The second-order valence-corrected chi connectivity index (χ2v) is 7.80. The van der Waals surface area contributed by atoms with Crippen LogP contribution in [0.5, 0.6) is 0 Å². The molecule has 0 aliphatic heterocycles. The summed E-state index contributed by atoms with van der Waals surface area (Å²) in [6.45, 7) is 1.42. The highest BCUT2D eigenvalue weighted by atomic mass is 19.4. The van der Waals surface area contributed by atoms with E-state index in [1.54, 1.807) is 30.3 Å². The number of halogens is 5. The maximum absolute atomic E-state index is 13.9. The number of carbonyl (C=O) groups excluding carboxylic acids is 1. The van der Waals surface area contributed by atoms with Gasteiger partial charge in [-0.3, -0.25) is 14.7 Å². The molecule has 2 aromatic carbocycles. The Hall–Kier alpha value is -3.86. The predicted molar refractivity (Wildman–Crippen MR) is 113 cm³/mol. The molecule has 1 unspecified atom stereocenters. The number of fused-ring (bicyclic) bond motifs is 1. The van der Waals surface area contributed by atoms with E-state index in [9.17, 15) is 31.9 Å². The molecule has 11 heteroatoms. The monoisotopic (exact) mass is 476 g/mol. The highest BCUT2D eigenvalue weighted by Crippen LogP contribution is 2.32. The van der Waals surface area contributed by atoms with Crippen molar-refractivity contribution in [3.05, 3.63) is 83.6 Å². The maximum atomic E-state index is 13.9. The molecule has 0 saturated carbocycles. The molecule has 0 spiro atoms. The SMILES string of the molecule is CC(O)(CC(=O)Nc1nc2ccc(C(F)(F)F)nc2n1-c1cc(F)cc(F)c1)c1ccccc1. The number of aliphatic hydroxyl groups is 1. The molecule has 34 heavy (non-hydrogen) atoms. The largest absolute Gasteiger partial charge is 0.433 e. The lowest BCUT2D eigenvalue weighted by Crippen LogP contribution is -2.29. The van der Waals surface area contributed by atoms with Crippen LogP contribution in [0.3, 0.4) is 0 Å². The maximum Gasteiger partial charge on any atom is 0.433 e. The lowest BCUT2D eigenvalue weighted by Gasteiger charge is -2.23. The summed E-state index contributed by atoms with van der Waals surface area (Å²) in [5.41, 5.74) is -3.02. The molecule has 0 fully saturated rings. The average Bonchev–Trinajstić information content (AvgIpc) is 3.09. The average molecular weight is 476 g/mol. The van der Waals surface area contributed by atoms with Gasteiger partial charge in [0, 0.05) is 6.07 Å². The standard InChI is InChI=1S/C23H17F5N4O2/c1-22(34,13-5-3-2-4-6-13)12-19(33)31-21-29-17-7-8-18(23(26,27)28)30-20(17)32(21)16-10-14(24)9-15(25)11-16/h2-11,34H,12H2,1H3,(H,29,31,33). The van der Waals surface area contributed by atoms with Gasteiger partial charge in [-0.2, -0.15) is 13.2 Å². The Morgan fingerprint density at radius 3 is 2.26 bits per heavy atom. The minimum atomic E-state index is -4.78. The Kier molecular flexibility index (Phi) is 5.82. The summed E-state index contributed by atoms with van der Waals surface area (Å²) in [6.07, 6.45) is -5.22. The van der Waals surface area contributed by atoms with Gasteiger partial charge in [-0.1, -0.05) is 30.3 Å². The molecule has 2 N–H and O–H groups in total. The van der Waals surface area contributed by atoms with Gasteiger partial charge in [0.1, 0.15) is 22.8 Å². The molecule has 2 heterocycles. The van der Waals surface area contributed by atoms with E-state index in [0.717, 1.165) is 22.8 Å². The number of anilines is 1. The van der Waals surface area contributed by atoms with Crippen LogP contribution in [0.2, 0.25) is 0 Å². The van der Waals surface area contributed by atoms with Gasteiger partial charge in [-0.25, -0.2) is 18.7 Å². The first kappa shape index (κ1) is 23.3. The van der Waals surface area contributed by atoms with Gasteiger partial charge in [-0.05, 0) is 36.8 Å². The molecular weight excluding hydrogens is 459 g/mol. The topological polar surface area (TPSA) is 80.0 Å². The third-order valence-electron chi connectivity index (χ3n) is 5.05. The fourth-order valence-electron chi connectivity index (χ4n) is 3.49. The van der Waals surface area contributed by atoms with Crippen LogP contribution in [0.25, 0.3) is 16.9 Å². The van der Waals surface area contributed by atoms with E-state index < -0.39 is 41.4 Å². The third-order valence-corrected chi connectivity index (χ3v) is 5.05. The lowest BCUT2D eigenvalue weighted by atomic mass is 9.92. The summed E-state index contributed by atoms with van der Waals surface area (Å²) in [5, 5.41) is 13.1. The van der Waals surface area contributed by atoms with E-state index in [1.807, 2.05) is 0 Å². The van der Waals surface area contributed by atoms with Crippen LogP contribution in [0.4, 0.5) is 27.9 Å². The number of nitrogens with one attached hydrogen (secondary N) is 1. The number of nitrogens with zero attached hydrogens (tertiary/aromatic N) is 3. The van der Waals surface area contributed by atoms with Crippen molar-refractivity contribution in [2.45, 2.75) is 25.1 Å². The molecule has 0 aliphatic carbocycles. The molecule has 4 aromatic rings. The van der Waals surface area contributed by atoms with E-state index in [-0.39, 0.29) is 22.8 Å². The Morgan fingerprint density at radius 2 is 1.65 bits per heavy atom. The summed E-state index contributed by atoms with van der Waals surface area (Å²) in [5.74, 6) is -3.04.